The number of carbonyl (C=O) groups is 1. The average molecular weight is 556 g/mol. The fourth-order valence-corrected chi connectivity index (χ4v) is 9.94. The Kier molecular flexibility index (Phi) is 6.15. The van der Waals surface area contributed by atoms with Gasteiger partial charge in [0.05, 0.1) is 34.5 Å². The quantitative estimate of drug-likeness (QED) is 0.404. The maximum absolute atomic E-state index is 13.6. The van der Waals surface area contributed by atoms with Crippen molar-refractivity contribution in [1.29, 1.82) is 0 Å². The number of fused-ring (bicyclic) bond motifs is 6. The van der Waals surface area contributed by atoms with Crippen LogP contribution < -0.4 is 0 Å². The Morgan fingerprint density at radius 3 is 2.70 bits per heavy atom. The molecule has 2 heterocycles. The van der Waals surface area contributed by atoms with E-state index in [0.29, 0.717) is 12.8 Å². The molecular formula is C33H37N3O3S. The number of allylic oxidation sites excluding steroid dienone is 1. The Labute approximate surface area is 239 Å². The van der Waals surface area contributed by atoms with E-state index in [4.69, 9.17) is 5.10 Å². The summed E-state index contributed by atoms with van der Waals surface area (Å²) in [4.78, 5) is 17.9. The standard InChI is InChI=1S/C33H37N3O3S/c1-31-17-21-19-35-36(23-8-4-3-5-9-23)26(21)16-22(31)11-12-24-25-13-14-33(39,32(25,2)18-27(37)30(24)31)28(38)20-40-29-10-6-7-15-34-29/h3-10,15-16,19,24-25,27,30,37,39H,11-14,17-18,20H2,1-2H3/t24?,25?,27-,30?,31?,32?,33-/m0/s1. The third-order valence-corrected chi connectivity index (χ3v) is 12.0. The Morgan fingerprint density at radius 2 is 1.93 bits per heavy atom. The number of aromatic nitrogens is 3. The molecule has 4 aliphatic carbocycles. The summed E-state index contributed by atoms with van der Waals surface area (Å²) in [5, 5.41) is 29.5. The topological polar surface area (TPSA) is 88.2 Å². The number of carbonyl (C=O) groups excluding carboxylic acids is 1. The molecule has 2 N–H and O–H groups in total. The number of nitrogens with zero attached hydrogens (tertiary/aromatic N) is 3. The molecule has 0 amide bonds. The zero-order valence-electron chi connectivity index (χ0n) is 23.2. The molecule has 0 aliphatic heterocycles. The van der Waals surface area contributed by atoms with Gasteiger partial charge >= 0.3 is 0 Å². The number of Topliss-reactive ketones (excluding diaryl/α,β-unsaturated/α-hetero) is 1. The average Bonchev–Trinajstić information content (AvgIpc) is 3.48. The molecule has 0 bridgehead atoms. The van der Waals surface area contributed by atoms with E-state index < -0.39 is 17.1 Å². The second-order valence-electron chi connectivity index (χ2n) is 12.9. The van der Waals surface area contributed by atoms with E-state index in [1.165, 1.54) is 22.9 Å². The number of benzene rings is 1. The Hall–Kier alpha value is -2.74. The smallest absolute Gasteiger partial charge is 0.175 e. The highest BCUT2D eigenvalue weighted by molar-refractivity contribution is 7.99. The Bertz CT molecular complexity index is 1470. The first-order chi connectivity index (χ1) is 19.2. The first kappa shape index (κ1) is 26.2. The summed E-state index contributed by atoms with van der Waals surface area (Å²) in [6, 6.07) is 15.9. The van der Waals surface area contributed by atoms with Gasteiger partial charge in [-0.15, -0.1) is 0 Å². The molecule has 6 nitrogen and oxygen atoms in total. The van der Waals surface area contributed by atoms with Gasteiger partial charge in [0.2, 0.25) is 0 Å². The van der Waals surface area contributed by atoms with Crippen molar-refractivity contribution in [2.75, 3.05) is 5.75 Å². The summed E-state index contributed by atoms with van der Waals surface area (Å²) in [7, 11) is 0. The summed E-state index contributed by atoms with van der Waals surface area (Å²) >= 11 is 1.39. The summed E-state index contributed by atoms with van der Waals surface area (Å²) in [5.41, 5.74) is 2.62. The number of thioether (sulfide) groups is 1. The predicted octanol–water partition coefficient (Wildman–Crippen LogP) is 5.51. The van der Waals surface area contributed by atoms with Crippen LogP contribution in [0.2, 0.25) is 0 Å². The van der Waals surface area contributed by atoms with Crippen LogP contribution in [0, 0.1) is 28.6 Å². The van der Waals surface area contributed by atoms with Crippen molar-refractivity contribution in [2.24, 2.45) is 28.6 Å². The molecule has 0 radical (unpaired) electrons. The van der Waals surface area contributed by atoms with E-state index >= 15 is 0 Å². The molecule has 3 aromatic rings. The molecule has 7 atom stereocenters. The maximum atomic E-state index is 13.6. The van der Waals surface area contributed by atoms with Crippen molar-refractivity contribution in [3.05, 3.63) is 77.8 Å². The monoisotopic (exact) mass is 555 g/mol. The van der Waals surface area contributed by atoms with Gasteiger partial charge in [0.15, 0.2) is 5.78 Å². The number of hydrogen-bond donors (Lipinski definition) is 2. The lowest BCUT2D eigenvalue weighted by Gasteiger charge is -2.60. The number of aliphatic hydroxyl groups excluding tert-OH is 1. The lowest BCUT2D eigenvalue weighted by atomic mass is 9.45. The zero-order valence-corrected chi connectivity index (χ0v) is 24.0. The third-order valence-electron chi connectivity index (χ3n) is 11.0. The van der Waals surface area contributed by atoms with Gasteiger partial charge in [0, 0.05) is 11.6 Å². The highest BCUT2D eigenvalue weighted by Crippen LogP contribution is 2.67. The van der Waals surface area contributed by atoms with Crippen molar-refractivity contribution in [3.63, 3.8) is 0 Å². The fraction of sp³-hybridized carbons (Fsp3) is 0.485. The van der Waals surface area contributed by atoms with Crippen molar-refractivity contribution in [1.82, 2.24) is 14.8 Å². The van der Waals surface area contributed by atoms with Crippen LogP contribution in [0.25, 0.3) is 11.8 Å². The van der Waals surface area contributed by atoms with Crippen LogP contribution in [0.4, 0.5) is 0 Å². The Balaban J connectivity index is 1.17. The van der Waals surface area contributed by atoms with Gasteiger partial charge in [-0.2, -0.15) is 5.10 Å². The van der Waals surface area contributed by atoms with Crippen LogP contribution in [0.1, 0.15) is 57.2 Å². The van der Waals surface area contributed by atoms with Gasteiger partial charge in [-0.05, 0) is 97.6 Å². The Morgan fingerprint density at radius 1 is 1.12 bits per heavy atom. The molecule has 0 spiro atoms. The normalized spacial score (nSPS) is 36.1. The van der Waals surface area contributed by atoms with Gasteiger partial charge in [0.1, 0.15) is 5.60 Å². The van der Waals surface area contributed by atoms with E-state index in [1.54, 1.807) is 6.20 Å². The second kappa shape index (κ2) is 9.40. The number of hydrogen-bond acceptors (Lipinski definition) is 6. The van der Waals surface area contributed by atoms with Crippen LogP contribution in [-0.4, -0.2) is 48.2 Å². The van der Waals surface area contributed by atoms with Gasteiger partial charge in [-0.3, -0.25) is 4.79 Å². The predicted molar refractivity (Wildman–Crippen MR) is 156 cm³/mol. The maximum Gasteiger partial charge on any atom is 0.175 e. The van der Waals surface area contributed by atoms with Crippen LogP contribution in [0.15, 0.2) is 71.5 Å². The lowest BCUT2D eigenvalue weighted by molar-refractivity contribution is -0.177. The minimum Gasteiger partial charge on any atom is -0.393 e. The molecule has 7 rings (SSSR count). The largest absolute Gasteiger partial charge is 0.393 e. The van der Waals surface area contributed by atoms with E-state index in [0.717, 1.165) is 42.1 Å². The second-order valence-corrected chi connectivity index (χ2v) is 13.9. The molecule has 4 aliphatic rings. The van der Waals surface area contributed by atoms with Crippen molar-refractivity contribution in [3.8, 4) is 5.69 Å². The van der Waals surface area contributed by atoms with Gasteiger partial charge in [-0.25, -0.2) is 9.67 Å². The summed E-state index contributed by atoms with van der Waals surface area (Å²) in [5.74, 6) is 0.642. The van der Waals surface area contributed by atoms with Crippen LogP contribution in [-0.2, 0) is 11.2 Å². The molecular weight excluding hydrogens is 518 g/mol. The molecule has 3 fully saturated rings. The molecule has 40 heavy (non-hydrogen) atoms. The highest BCUT2D eigenvalue weighted by Gasteiger charge is 2.68. The van der Waals surface area contributed by atoms with Crippen LogP contribution in [0.3, 0.4) is 0 Å². The lowest BCUT2D eigenvalue weighted by Crippen LogP contribution is -2.62. The van der Waals surface area contributed by atoms with Crippen molar-refractivity contribution < 1.29 is 15.0 Å². The summed E-state index contributed by atoms with van der Waals surface area (Å²) < 4.78 is 2.04. The molecule has 2 aromatic heterocycles. The molecule has 0 saturated heterocycles. The zero-order chi connectivity index (χ0) is 27.7. The molecule has 7 heteroatoms. The SMILES string of the molecule is CC12Cc3cnn(-c4ccccc4)c3C=C1CCC1C2[C@@H](O)CC2(C)C1CC[C@]2(O)C(=O)CSc1ccccn1. The van der Waals surface area contributed by atoms with Crippen molar-refractivity contribution >= 4 is 23.6 Å². The van der Waals surface area contributed by atoms with E-state index in [1.807, 2.05) is 47.3 Å². The molecule has 5 unspecified atom stereocenters. The number of para-hydroxylation sites is 1. The van der Waals surface area contributed by atoms with Gasteiger partial charge < -0.3 is 10.2 Å². The van der Waals surface area contributed by atoms with Crippen molar-refractivity contribution in [2.45, 2.75) is 69.1 Å². The number of aliphatic hydroxyl groups is 2. The first-order valence-electron chi connectivity index (χ1n) is 14.6. The number of rotatable bonds is 5. The minimum atomic E-state index is -1.42. The van der Waals surface area contributed by atoms with E-state index in [-0.39, 0.29) is 34.7 Å². The first-order valence-corrected chi connectivity index (χ1v) is 15.5. The van der Waals surface area contributed by atoms with E-state index in [9.17, 15) is 15.0 Å². The number of pyridine rings is 1. The summed E-state index contributed by atoms with van der Waals surface area (Å²) in [6.07, 6.45) is 10.0. The number of ketones is 1. The molecule has 1 aromatic carbocycles. The minimum absolute atomic E-state index is 0.0964. The van der Waals surface area contributed by atoms with Gasteiger partial charge in [-0.1, -0.05) is 55.4 Å². The molecule has 208 valence electrons. The van der Waals surface area contributed by atoms with E-state index in [2.05, 4.69) is 37.0 Å². The third kappa shape index (κ3) is 3.74. The summed E-state index contributed by atoms with van der Waals surface area (Å²) in [6.45, 7) is 4.41. The molecule has 3 saturated carbocycles. The van der Waals surface area contributed by atoms with Crippen LogP contribution in [0.5, 0.6) is 0 Å². The fourth-order valence-electron chi connectivity index (χ4n) is 9.11. The van der Waals surface area contributed by atoms with Gasteiger partial charge in [0.25, 0.3) is 0 Å². The highest BCUT2D eigenvalue weighted by atomic mass is 32.2. The van der Waals surface area contributed by atoms with Crippen LogP contribution >= 0.6 is 11.8 Å².